The van der Waals surface area contributed by atoms with Crippen molar-refractivity contribution >= 4 is 32.8 Å². The molecule has 3 nitrogen and oxygen atoms in total. The van der Waals surface area contributed by atoms with Gasteiger partial charge in [0.15, 0.2) is 9.84 Å². The van der Waals surface area contributed by atoms with Gasteiger partial charge in [-0.2, -0.15) is 0 Å². The number of thiazole rings is 1. The fourth-order valence-corrected chi connectivity index (χ4v) is 3.18. The smallest absolute Gasteiger partial charge is 0.153 e. The normalized spacial score (nSPS) is 11.9. The van der Waals surface area contributed by atoms with Gasteiger partial charge in [0.05, 0.1) is 5.69 Å². The molecule has 0 radical (unpaired) electrons. The lowest BCUT2D eigenvalue weighted by Crippen LogP contribution is -2.00. The van der Waals surface area contributed by atoms with Crippen molar-refractivity contribution in [3.8, 4) is 0 Å². The molecule has 1 aromatic heterocycles. The molecule has 0 aliphatic heterocycles. The van der Waals surface area contributed by atoms with E-state index in [4.69, 9.17) is 11.6 Å². The second-order valence-electron chi connectivity index (χ2n) is 3.10. The molecule has 0 unspecified atom stereocenters. The first-order valence-corrected chi connectivity index (χ1v) is 7.66. The molecule has 14 heavy (non-hydrogen) atoms. The van der Waals surface area contributed by atoms with Crippen LogP contribution in [0.4, 0.5) is 0 Å². The van der Waals surface area contributed by atoms with E-state index in [0.717, 1.165) is 18.5 Å². The SMILES string of the molecule is CS(=O)(=O)Cc1nc(CCCCl)cs1. The molecule has 0 atom stereocenters. The van der Waals surface area contributed by atoms with Crippen LogP contribution in [-0.4, -0.2) is 25.5 Å². The summed E-state index contributed by atoms with van der Waals surface area (Å²) in [7, 11) is -2.96. The number of nitrogens with zero attached hydrogens (tertiary/aromatic N) is 1. The third-order valence-electron chi connectivity index (χ3n) is 1.55. The predicted octanol–water partition coefficient (Wildman–Crippen LogP) is 1.86. The second-order valence-corrected chi connectivity index (χ2v) is 6.56. The van der Waals surface area contributed by atoms with Crippen LogP contribution in [0.15, 0.2) is 5.38 Å². The van der Waals surface area contributed by atoms with E-state index in [-0.39, 0.29) is 5.75 Å². The van der Waals surface area contributed by atoms with Gasteiger partial charge in [0, 0.05) is 17.5 Å². The number of sulfone groups is 1. The quantitative estimate of drug-likeness (QED) is 0.753. The monoisotopic (exact) mass is 253 g/mol. The lowest BCUT2D eigenvalue weighted by Gasteiger charge is -1.92. The average Bonchev–Trinajstić information content (AvgIpc) is 2.46. The standard InChI is InChI=1S/C8H12ClNO2S2/c1-14(11,12)6-8-10-7(5-13-8)3-2-4-9/h5H,2-4,6H2,1H3. The largest absolute Gasteiger partial charge is 0.245 e. The van der Waals surface area contributed by atoms with E-state index in [1.807, 2.05) is 5.38 Å². The molecule has 0 amide bonds. The van der Waals surface area contributed by atoms with Gasteiger partial charge in [-0.15, -0.1) is 22.9 Å². The Hall–Kier alpha value is -0.130. The summed E-state index contributed by atoms with van der Waals surface area (Å²) >= 11 is 6.94. The molecule has 0 saturated carbocycles. The maximum Gasteiger partial charge on any atom is 0.153 e. The van der Waals surface area contributed by atoms with Crippen molar-refractivity contribution in [1.82, 2.24) is 4.98 Å². The number of alkyl halides is 1. The lowest BCUT2D eigenvalue weighted by molar-refractivity contribution is 0.601. The number of aryl methyl sites for hydroxylation is 1. The second kappa shape index (κ2) is 5.09. The summed E-state index contributed by atoms with van der Waals surface area (Å²) in [5.41, 5.74) is 0.939. The van der Waals surface area contributed by atoms with Crippen molar-refractivity contribution in [3.05, 3.63) is 16.1 Å². The molecular weight excluding hydrogens is 242 g/mol. The molecule has 0 N–H and O–H groups in total. The summed E-state index contributed by atoms with van der Waals surface area (Å²) < 4.78 is 21.9. The molecule has 0 aromatic carbocycles. The summed E-state index contributed by atoms with van der Waals surface area (Å²) in [6, 6.07) is 0. The lowest BCUT2D eigenvalue weighted by atomic mass is 10.3. The highest BCUT2D eigenvalue weighted by Gasteiger charge is 2.08. The van der Waals surface area contributed by atoms with Crippen LogP contribution < -0.4 is 0 Å². The van der Waals surface area contributed by atoms with Crippen molar-refractivity contribution in [1.29, 1.82) is 0 Å². The topological polar surface area (TPSA) is 47.0 Å². The molecule has 0 aliphatic rings. The van der Waals surface area contributed by atoms with Crippen LogP contribution in [0.1, 0.15) is 17.1 Å². The number of aromatic nitrogens is 1. The number of hydrogen-bond acceptors (Lipinski definition) is 4. The van der Waals surface area contributed by atoms with Gasteiger partial charge in [-0.3, -0.25) is 0 Å². The predicted molar refractivity (Wildman–Crippen MR) is 59.7 cm³/mol. The van der Waals surface area contributed by atoms with Crippen LogP contribution in [-0.2, 0) is 22.0 Å². The van der Waals surface area contributed by atoms with E-state index in [9.17, 15) is 8.42 Å². The zero-order valence-electron chi connectivity index (χ0n) is 7.86. The zero-order chi connectivity index (χ0) is 10.6. The molecule has 0 aliphatic carbocycles. The molecule has 1 rings (SSSR count). The van der Waals surface area contributed by atoms with E-state index in [2.05, 4.69) is 4.98 Å². The van der Waals surface area contributed by atoms with Crippen LogP contribution in [0, 0.1) is 0 Å². The van der Waals surface area contributed by atoms with Gasteiger partial charge >= 0.3 is 0 Å². The Labute approximate surface area is 93.0 Å². The summed E-state index contributed by atoms with van der Waals surface area (Å²) in [5, 5.41) is 2.56. The maximum atomic E-state index is 11.0. The van der Waals surface area contributed by atoms with Crippen molar-refractivity contribution in [3.63, 3.8) is 0 Å². The first kappa shape index (κ1) is 11.9. The minimum Gasteiger partial charge on any atom is -0.245 e. The van der Waals surface area contributed by atoms with E-state index in [1.54, 1.807) is 0 Å². The molecule has 0 fully saturated rings. The highest BCUT2D eigenvalue weighted by molar-refractivity contribution is 7.90. The molecular formula is C8H12ClNO2S2. The molecule has 0 saturated heterocycles. The molecule has 1 heterocycles. The summed E-state index contributed by atoms with van der Waals surface area (Å²) in [6.45, 7) is 0. The first-order chi connectivity index (χ1) is 6.51. The fraction of sp³-hybridized carbons (Fsp3) is 0.625. The Morgan fingerprint density at radius 2 is 2.29 bits per heavy atom. The van der Waals surface area contributed by atoms with Gasteiger partial charge < -0.3 is 0 Å². The van der Waals surface area contributed by atoms with Crippen molar-refractivity contribution < 1.29 is 8.42 Å². The van der Waals surface area contributed by atoms with Gasteiger partial charge in [0.25, 0.3) is 0 Å². The van der Waals surface area contributed by atoms with E-state index in [1.165, 1.54) is 17.6 Å². The van der Waals surface area contributed by atoms with Crippen molar-refractivity contribution in [2.24, 2.45) is 0 Å². The van der Waals surface area contributed by atoms with Crippen LogP contribution in [0.2, 0.25) is 0 Å². The number of rotatable bonds is 5. The highest BCUT2D eigenvalue weighted by Crippen LogP contribution is 2.14. The zero-order valence-corrected chi connectivity index (χ0v) is 10.3. The van der Waals surface area contributed by atoms with Crippen LogP contribution >= 0.6 is 22.9 Å². The Kier molecular flexibility index (Phi) is 4.34. The summed E-state index contributed by atoms with van der Waals surface area (Å²) in [4.78, 5) is 4.21. The molecule has 6 heteroatoms. The molecule has 1 aromatic rings. The fourth-order valence-electron chi connectivity index (χ4n) is 1.00. The number of halogens is 1. The van der Waals surface area contributed by atoms with Gasteiger partial charge in [0.1, 0.15) is 10.8 Å². The third-order valence-corrected chi connectivity index (χ3v) is 3.70. The van der Waals surface area contributed by atoms with Crippen LogP contribution in [0.25, 0.3) is 0 Å². The Morgan fingerprint density at radius 3 is 2.86 bits per heavy atom. The summed E-state index contributed by atoms with van der Waals surface area (Å²) in [6.07, 6.45) is 2.92. The van der Waals surface area contributed by atoms with E-state index in [0.29, 0.717) is 10.9 Å². The van der Waals surface area contributed by atoms with E-state index >= 15 is 0 Å². The minimum atomic E-state index is -2.96. The Bertz CT molecular complexity index is 386. The first-order valence-electron chi connectivity index (χ1n) is 4.18. The summed E-state index contributed by atoms with van der Waals surface area (Å²) in [5.74, 6) is 0.650. The number of hydrogen-bond donors (Lipinski definition) is 0. The third kappa shape index (κ3) is 4.39. The average molecular weight is 254 g/mol. The minimum absolute atomic E-state index is 0.0402. The van der Waals surface area contributed by atoms with Crippen molar-refractivity contribution in [2.45, 2.75) is 18.6 Å². The van der Waals surface area contributed by atoms with Gasteiger partial charge in [-0.25, -0.2) is 13.4 Å². The maximum absolute atomic E-state index is 11.0. The highest BCUT2D eigenvalue weighted by atomic mass is 35.5. The molecule has 0 spiro atoms. The Morgan fingerprint density at radius 1 is 1.57 bits per heavy atom. The molecule has 80 valence electrons. The van der Waals surface area contributed by atoms with Crippen LogP contribution in [0.5, 0.6) is 0 Å². The van der Waals surface area contributed by atoms with Crippen molar-refractivity contribution in [2.75, 3.05) is 12.1 Å². The van der Waals surface area contributed by atoms with Gasteiger partial charge in [-0.05, 0) is 12.8 Å². The van der Waals surface area contributed by atoms with E-state index < -0.39 is 9.84 Å². The van der Waals surface area contributed by atoms with Crippen LogP contribution in [0.3, 0.4) is 0 Å². The van der Waals surface area contributed by atoms with Gasteiger partial charge in [-0.1, -0.05) is 0 Å². The van der Waals surface area contributed by atoms with Gasteiger partial charge in [0.2, 0.25) is 0 Å². The molecule has 0 bridgehead atoms. The Balaban J connectivity index is 2.59.